The Morgan fingerprint density at radius 1 is 1.21 bits per heavy atom. The maximum atomic E-state index is 13.5. The molecule has 1 aromatic carbocycles. The zero-order valence-corrected chi connectivity index (χ0v) is 19.5. The van der Waals surface area contributed by atoms with Crippen molar-refractivity contribution in [3.05, 3.63) is 58.8 Å². The van der Waals surface area contributed by atoms with E-state index in [0.29, 0.717) is 17.1 Å². The number of esters is 1. The number of H-pyrrole nitrogens is 1. The molecule has 1 N–H and O–H groups in total. The van der Waals surface area contributed by atoms with Crippen LogP contribution in [0.1, 0.15) is 55.0 Å². The van der Waals surface area contributed by atoms with Crippen LogP contribution in [0.15, 0.2) is 30.5 Å². The van der Waals surface area contributed by atoms with E-state index in [4.69, 9.17) is 4.74 Å². The van der Waals surface area contributed by atoms with Gasteiger partial charge in [-0.05, 0) is 49.6 Å². The maximum absolute atomic E-state index is 13.5. The van der Waals surface area contributed by atoms with Gasteiger partial charge in [-0.3, -0.25) is 4.79 Å². The van der Waals surface area contributed by atoms with Crippen molar-refractivity contribution in [1.29, 1.82) is 0 Å². The van der Waals surface area contributed by atoms with Crippen molar-refractivity contribution in [3.63, 3.8) is 0 Å². The normalized spacial score (nSPS) is 15.8. The number of carbonyl (C=O) groups is 2. The number of nitrogens with zero attached hydrogens (tertiary/aromatic N) is 2. The van der Waals surface area contributed by atoms with E-state index in [2.05, 4.69) is 9.36 Å². The lowest BCUT2D eigenvalue weighted by Gasteiger charge is -2.29. The first-order valence-electron chi connectivity index (χ1n) is 10.4. The monoisotopic (exact) mass is 495 g/mol. The van der Waals surface area contributed by atoms with Crippen LogP contribution < -0.4 is 0 Å². The summed E-state index contributed by atoms with van der Waals surface area (Å²) in [7, 11) is 0. The predicted octanol–water partition coefficient (Wildman–Crippen LogP) is 5.51. The number of aromatic nitrogens is 2. The average molecular weight is 495 g/mol. The van der Waals surface area contributed by atoms with Crippen LogP contribution in [0.4, 0.5) is 17.6 Å². The van der Waals surface area contributed by atoms with E-state index in [1.807, 2.05) is 0 Å². The van der Waals surface area contributed by atoms with Gasteiger partial charge in [0.2, 0.25) is 0 Å². The van der Waals surface area contributed by atoms with Gasteiger partial charge in [0.15, 0.2) is 5.69 Å². The number of carbonyl (C=O) groups excluding carboxylic acids is 2. The van der Waals surface area contributed by atoms with Gasteiger partial charge in [0, 0.05) is 29.3 Å². The summed E-state index contributed by atoms with van der Waals surface area (Å²) < 4.78 is 63.2. The topological polar surface area (TPSA) is 75.3 Å². The van der Waals surface area contributed by atoms with Crippen molar-refractivity contribution in [1.82, 2.24) is 14.3 Å². The minimum Gasteiger partial charge on any atom is -0.459 e. The van der Waals surface area contributed by atoms with Gasteiger partial charge in [0.1, 0.15) is 5.82 Å². The summed E-state index contributed by atoms with van der Waals surface area (Å²) in [6, 6.07) is 4.95. The van der Waals surface area contributed by atoms with E-state index in [1.165, 1.54) is 23.2 Å². The highest BCUT2D eigenvalue weighted by atomic mass is 32.1. The third kappa shape index (κ3) is 4.20. The van der Waals surface area contributed by atoms with Crippen LogP contribution in [-0.4, -0.2) is 38.8 Å². The molecular weight excluding hydrogens is 474 g/mol. The first-order valence-corrected chi connectivity index (χ1v) is 11.2. The van der Waals surface area contributed by atoms with E-state index in [9.17, 15) is 27.2 Å². The van der Waals surface area contributed by atoms with Crippen molar-refractivity contribution in [3.8, 4) is 0 Å². The summed E-state index contributed by atoms with van der Waals surface area (Å²) in [5, 5.41) is 0. The smallest absolute Gasteiger partial charge is 0.436 e. The zero-order chi connectivity index (χ0) is 25.0. The third-order valence-corrected chi connectivity index (χ3v) is 6.26. The van der Waals surface area contributed by atoms with Crippen LogP contribution in [0.2, 0.25) is 0 Å². The van der Waals surface area contributed by atoms with Gasteiger partial charge in [-0.15, -0.1) is 0 Å². The molecule has 180 valence electrons. The first kappa shape index (κ1) is 23.9. The summed E-state index contributed by atoms with van der Waals surface area (Å²) in [6.45, 7) is 6.85. The Morgan fingerprint density at radius 2 is 1.85 bits per heavy atom. The number of aromatic amines is 1. The lowest BCUT2D eigenvalue weighted by Crippen LogP contribution is -2.36. The number of amides is 1. The summed E-state index contributed by atoms with van der Waals surface area (Å²) in [6.07, 6.45) is -3.90. The molecule has 0 aliphatic carbocycles. The number of nitrogens with one attached hydrogen (secondary N) is 1. The molecule has 6 nitrogen and oxygen atoms in total. The Bertz CT molecular complexity index is 1300. The molecule has 0 atom stereocenters. The molecule has 2 aromatic heterocycles. The molecular formula is C23H21F4N3O3S. The number of rotatable bonds is 3. The second-order valence-corrected chi connectivity index (χ2v) is 9.70. The van der Waals surface area contributed by atoms with Crippen LogP contribution in [0.3, 0.4) is 0 Å². The highest BCUT2D eigenvalue weighted by molar-refractivity contribution is 7.13. The minimum atomic E-state index is -4.68. The van der Waals surface area contributed by atoms with Crippen molar-refractivity contribution in [2.24, 2.45) is 0 Å². The average Bonchev–Trinajstić information content (AvgIpc) is 3.26. The molecule has 11 heteroatoms. The van der Waals surface area contributed by atoms with Gasteiger partial charge in [-0.1, -0.05) is 13.8 Å². The Balaban J connectivity index is 1.92. The van der Waals surface area contributed by atoms with Gasteiger partial charge in [0.25, 0.3) is 5.91 Å². The number of halogens is 4. The summed E-state index contributed by atoms with van der Waals surface area (Å²) in [4.78, 5) is 30.3. The number of benzene rings is 1. The number of ether oxygens (including phenoxy) is 1. The molecule has 1 aliphatic rings. The molecule has 0 saturated heterocycles. The second kappa shape index (κ2) is 8.23. The lowest BCUT2D eigenvalue weighted by atomic mass is 9.83. The number of hydrogen-bond donors (Lipinski definition) is 1. The molecule has 1 aliphatic heterocycles. The summed E-state index contributed by atoms with van der Waals surface area (Å²) >= 11 is 0.683. The van der Waals surface area contributed by atoms with Crippen LogP contribution in [0.25, 0.3) is 15.8 Å². The summed E-state index contributed by atoms with van der Waals surface area (Å²) in [5.74, 6) is -1.79. The number of hydrogen-bond acceptors (Lipinski definition) is 5. The Hall–Kier alpha value is -3.21. The van der Waals surface area contributed by atoms with E-state index in [-0.39, 0.29) is 33.6 Å². The molecule has 0 unspecified atom stereocenters. The molecule has 0 radical (unpaired) electrons. The van der Waals surface area contributed by atoms with Crippen molar-refractivity contribution >= 4 is 39.2 Å². The molecule has 0 saturated carbocycles. The molecule has 1 amide bonds. The second-order valence-electron chi connectivity index (χ2n) is 8.93. The van der Waals surface area contributed by atoms with Gasteiger partial charge in [-0.2, -0.15) is 17.5 Å². The number of fused-ring (bicyclic) bond motifs is 3. The largest absolute Gasteiger partial charge is 0.459 e. The molecule has 0 spiro atoms. The van der Waals surface area contributed by atoms with Crippen molar-refractivity contribution in [2.45, 2.75) is 45.4 Å². The fourth-order valence-electron chi connectivity index (χ4n) is 4.01. The Labute approximate surface area is 196 Å². The van der Waals surface area contributed by atoms with Gasteiger partial charge < -0.3 is 14.6 Å². The summed E-state index contributed by atoms with van der Waals surface area (Å²) in [5.41, 5.74) is -1.45. The molecule has 3 aromatic rings. The highest BCUT2D eigenvalue weighted by Gasteiger charge is 2.42. The molecule has 0 fully saturated rings. The van der Waals surface area contributed by atoms with Gasteiger partial charge >= 0.3 is 12.1 Å². The van der Waals surface area contributed by atoms with E-state index >= 15 is 0 Å². The first-order chi connectivity index (χ1) is 15.8. The van der Waals surface area contributed by atoms with E-state index < -0.39 is 41.1 Å². The maximum Gasteiger partial charge on any atom is 0.436 e. The quantitative estimate of drug-likeness (QED) is 0.384. The standard InChI is InChI=1S/C23H21F4N3O3S/c1-11(2)33-21(32)14-9-30(20(31)12-5-7-13(24)8-6-12)10-22(3,4)15-16(14)28-17-18(15)34-29-19(17)23(25,26)27/h5-9,11,28H,10H2,1-4H3. The van der Waals surface area contributed by atoms with Crippen LogP contribution in [-0.2, 0) is 21.1 Å². The SMILES string of the molecule is CC(C)OC(=O)C1=CN(C(=O)c2ccc(F)cc2)CC(C)(C)c2c1[nH]c1c(C(F)(F)F)nsc21. The van der Waals surface area contributed by atoms with E-state index in [1.54, 1.807) is 27.7 Å². The van der Waals surface area contributed by atoms with Crippen LogP contribution in [0.5, 0.6) is 0 Å². The van der Waals surface area contributed by atoms with E-state index in [0.717, 1.165) is 12.1 Å². The van der Waals surface area contributed by atoms with Crippen molar-refractivity contribution in [2.75, 3.05) is 6.54 Å². The Kier molecular flexibility index (Phi) is 5.79. The molecule has 0 bridgehead atoms. The van der Waals surface area contributed by atoms with Crippen LogP contribution in [0, 0.1) is 5.82 Å². The highest BCUT2D eigenvalue weighted by Crippen LogP contribution is 2.45. The molecule has 34 heavy (non-hydrogen) atoms. The zero-order valence-electron chi connectivity index (χ0n) is 18.7. The number of alkyl halides is 3. The molecule has 4 rings (SSSR count). The fraction of sp³-hybridized carbons (Fsp3) is 0.348. The lowest BCUT2D eigenvalue weighted by molar-refractivity contribution is -0.140. The Morgan fingerprint density at radius 3 is 2.44 bits per heavy atom. The fourth-order valence-corrected chi connectivity index (χ4v) is 5.10. The van der Waals surface area contributed by atoms with Gasteiger partial charge in [0.05, 0.1) is 27.6 Å². The van der Waals surface area contributed by atoms with Gasteiger partial charge in [-0.25, -0.2) is 9.18 Å². The third-order valence-electron chi connectivity index (χ3n) is 5.40. The minimum absolute atomic E-state index is 0.0425. The predicted molar refractivity (Wildman–Crippen MR) is 119 cm³/mol. The van der Waals surface area contributed by atoms with Crippen LogP contribution >= 0.6 is 11.5 Å². The molecule has 3 heterocycles. The van der Waals surface area contributed by atoms with Crippen molar-refractivity contribution < 1.29 is 31.9 Å².